The molecule has 0 saturated carbocycles. The molecule has 0 amide bonds. The Balaban J connectivity index is 1.50. The summed E-state index contributed by atoms with van der Waals surface area (Å²) in [6, 6.07) is 20.3. The third-order valence-electron chi connectivity index (χ3n) is 4.96. The van der Waals surface area contributed by atoms with Crippen LogP contribution in [-0.2, 0) is 22.7 Å². The summed E-state index contributed by atoms with van der Waals surface area (Å²) >= 11 is 0. The number of hydrogen-bond donors (Lipinski definition) is 2. The van der Waals surface area contributed by atoms with Gasteiger partial charge in [0.05, 0.1) is 0 Å². The van der Waals surface area contributed by atoms with Crippen molar-refractivity contribution in [1.29, 1.82) is 0 Å². The molecule has 146 valence electrons. The van der Waals surface area contributed by atoms with Crippen LogP contribution >= 0.6 is 0 Å². The lowest BCUT2D eigenvalue weighted by molar-refractivity contribution is 0.116. The first kappa shape index (κ1) is 18.3. The van der Waals surface area contributed by atoms with Gasteiger partial charge < -0.3 is 14.4 Å². The van der Waals surface area contributed by atoms with E-state index in [1.807, 2.05) is 42.5 Å². The Labute approximate surface area is 166 Å². The molecule has 0 spiro atoms. The number of nitrogens with zero attached hydrogens (tertiary/aromatic N) is 1. The molecule has 0 bridgehead atoms. The van der Waals surface area contributed by atoms with Crippen LogP contribution in [0.3, 0.4) is 0 Å². The highest BCUT2D eigenvalue weighted by molar-refractivity contribution is 5.25. The molecular weight excluding hydrogens is 350 g/mol. The lowest BCUT2D eigenvalue weighted by atomic mass is 10.1. The Morgan fingerprint density at radius 2 is 1.32 bits per heavy atom. The lowest BCUT2D eigenvalue weighted by Gasteiger charge is -2.34. The zero-order valence-electron chi connectivity index (χ0n) is 16.1. The lowest BCUT2D eigenvalue weighted by Crippen LogP contribution is -2.44. The van der Waals surface area contributed by atoms with Gasteiger partial charge in [-0.1, -0.05) is 60.7 Å². The second-order valence-corrected chi connectivity index (χ2v) is 7.07. The monoisotopic (exact) mass is 377 g/mol. The molecule has 1 saturated heterocycles. The Bertz CT molecular complexity index is 812. The molecule has 0 atom stereocenters. The molecule has 0 aromatic heterocycles. The van der Waals surface area contributed by atoms with Crippen molar-refractivity contribution < 1.29 is 9.47 Å². The topological polar surface area (TPSA) is 45.8 Å². The minimum absolute atomic E-state index is 0.482. The average Bonchev–Trinajstić information content (AvgIpc) is 2.78. The maximum atomic E-state index is 6.14. The van der Waals surface area contributed by atoms with Gasteiger partial charge in [-0.3, -0.25) is 10.9 Å². The zero-order valence-corrected chi connectivity index (χ0v) is 16.1. The van der Waals surface area contributed by atoms with Gasteiger partial charge in [0.25, 0.3) is 0 Å². The summed E-state index contributed by atoms with van der Waals surface area (Å²) in [5, 5.41) is 0. The Hall–Kier alpha value is -3.08. The number of likely N-dealkylation sites (tertiary alicyclic amines) is 1. The van der Waals surface area contributed by atoms with E-state index in [4.69, 9.17) is 9.47 Å². The van der Waals surface area contributed by atoms with Crippen molar-refractivity contribution in [3.05, 3.63) is 95.3 Å². The molecule has 2 N–H and O–H groups in total. The van der Waals surface area contributed by atoms with E-state index in [0.29, 0.717) is 19.1 Å². The molecule has 4 rings (SSSR count). The fourth-order valence-electron chi connectivity index (χ4n) is 3.39. The van der Waals surface area contributed by atoms with Crippen LogP contribution in [0.4, 0.5) is 0 Å². The molecule has 2 aromatic carbocycles. The highest BCUT2D eigenvalue weighted by Crippen LogP contribution is 2.21. The molecular formula is C23H27N3O2. The highest BCUT2D eigenvalue weighted by Gasteiger charge is 2.21. The number of nitrogens with one attached hydrogen (secondary N) is 2. The van der Waals surface area contributed by atoms with Gasteiger partial charge in [-0.25, -0.2) is 0 Å². The fourth-order valence-corrected chi connectivity index (χ4v) is 3.39. The first-order chi connectivity index (χ1) is 13.9. The molecule has 1 fully saturated rings. The van der Waals surface area contributed by atoms with Gasteiger partial charge in [-0.15, -0.1) is 0 Å². The first-order valence-corrected chi connectivity index (χ1v) is 9.95. The molecule has 0 radical (unpaired) electrons. The van der Waals surface area contributed by atoms with Crippen LogP contribution in [0.15, 0.2) is 84.2 Å². The Kier molecular flexibility index (Phi) is 6.02. The smallest absolute Gasteiger partial charge is 0.249 e. The van der Waals surface area contributed by atoms with Crippen LogP contribution in [-0.4, -0.2) is 18.0 Å². The normalized spacial score (nSPS) is 16.7. The number of hydrazine groups is 1. The van der Waals surface area contributed by atoms with E-state index >= 15 is 0 Å². The first-order valence-electron chi connectivity index (χ1n) is 9.95. The number of rotatable bonds is 7. The van der Waals surface area contributed by atoms with Crippen LogP contribution in [0.25, 0.3) is 0 Å². The molecule has 5 nitrogen and oxygen atoms in total. The third-order valence-corrected chi connectivity index (χ3v) is 4.96. The van der Waals surface area contributed by atoms with Crippen molar-refractivity contribution in [2.24, 2.45) is 0 Å². The van der Waals surface area contributed by atoms with Crippen LogP contribution < -0.4 is 10.9 Å². The maximum Gasteiger partial charge on any atom is 0.249 e. The van der Waals surface area contributed by atoms with Crippen molar-refractivity contribution in [3.8, 4) is 0 Å². The molecule has 2 aliphatic rings. The SMILES string of the molecule is C1=C(N2CCCCC2)NNC(OCc2ccccc2)=C1OCc1ccccc1. The largest absolute Gasteiger partial charge is 0.483 e. The van der Waals surface area contributed by atoms with E-state index in [1.165, 1.54) is 19.3 Å². The molecule has 0 aliphatic carbocycles. The van der Waals surface area contributed by atoms with Gasteiger partial charge >= 0.3 is 0 Å². The Morgan fingerprint density at radius 1 is 0.714 bits per heavy atom. The molecule has 2 aliphatic heterocycles. The summed E-state index contributed by atoms with van der Waals surface area (Å²) in [4.78, 5) is 2.36. The van der Waals surface area contributed by atoms with Gasteiger partial charge in [0.15, 0.2) is 5.76 Å². The predicted octanol–water partition coefficient (Wildman–Crippen LogP) is 4.02. The minimum Gasteiger partial charge on any atom is -0.483 e. The van der Waals surface area contributed by atoms with E-state index in [9.17, 15) is 0 Å². The van der Waals surface area contributed by atoms with E-state index in [1.54, 1.807) is 0 Å². The summed E-state index contributed by atoms with van der Waals surface area (Å²) < 4.78 is 12.2. The van der Waals surface area contributed by atoms with Crippen LogP contribution in [0.2, 0.25) is 0 Å². The maximum absolute atomic E-state index is 6.14. The van der Waals surface area contributed by atoms with E-state index in [-0.39, 0.29) is 0 Å². The van der Waals surface area contributed by atoms with Gasteiger partial charge in [-0.2, -0.15) is 0 Å². The number of piperidine rings is 1. The molecule has 5 heteroatoms. The van der Waals surface area contributed by atoms with Gasteiger partial charge in [0.2, 0.25) is 5.88 Å². The molecule has 28 heavy (non-hydrogen) atoms. The number of ether oxygens (including phenoxy) is 2. The number of hydrogen-bond acceptors (Lipinski definition) is 5. The quantitative estimate of drug-likeness (QED) is 0.763. The summed E-state index contributed by atoms with van der Waals surface area (Å²) in [6.45, 7) is 3.11. The summed E-state index contributed by atoms with van der Waals surface area (Å²) in [5.74, 6) is 2.37. The van der Waals surface area contributed by atoms with Crippen LogP contribution in [0.5, 0.6) is 0 Å². The fraction of sp³-hybridized carbons (Fsp3) is 0.304. The molecule has 2 aromatic rings. The predicted molar refractivity (Wildman–Crippen MR) is 109 cm³/mol. The number of allylic oxidation sites excluding steroid dienone is 1. The average molecular weight is 377 g/mol. The van der Waals surface area contributed by atoms with Crippen molar-refractivity contribution in [2.75, 3.05) is 13.1 Å². The van der Waals surface area contributed by atoms with Crippen molar-refractivity contribution in [3.63, 3.8) is 0 Å². The molecule has 0 unspecified atom stereocenters. The second-order valence-electron chi connectivity index (χ2n) is 7.07. The van der Waals surface area contributed by atoms with Crippen molar-refractivity contribution in [1.82, 2.24) is 15.8 Å². The van der Waals surface area contributed by atoms with Gasteiger partial charge in [-0.05, 0) is 30.4 Å². The Morgan fingerprint density at radius 3 is 1.96 bits per heavy atom. The zero-order chi connectivity index (χ0) is 19.0. The summed E-state index contributed by atoms with van der Waals surface area (Å²) in [7, 11) is 0. The standard InChI is InChI=1S/C23H27N3O2/c1-4-10-19(11-5-1)17-27-21-16-22(26-14-8-3-9-15-26)24-25-23(21)28-18-20-12-6-2-7-13-20/h1-2,4-7,10-13,16,24-25H,3,8-9,14-15,17-18H2. The highest BCUT2D eigenvalue weighted by atomic mass is 16.5. The van der Waals surface area contributed by atoms with E-state index < -0.39 is 0 Å². The van der Waals surface area contributed by atoms with Crippen molar-refractivity contribution >= 4 is 0 Å². The number of benzene rings is 2. The second kappa shape index (κ2) is 9.22. The van der Waals surface area contributed by atoms with Gasteiger partial charge in [0, 0.05) is 19.2 Å². The van der Waals surface area contributed by atoms with Crippen LogP contribution in [0.1, 0.15) is 30.4 Å². The summed E-state index contributed by atoms with van der Waals surface area (Å²) in [5.41, 5.74) is 8.72. The molecule has 2 heterocycles. The summed E-state index contributed by atoms with van der Waals surface area (Å²) in [6.07, 6.45) is 5.79. The third kappa shape index (κ3) is 4.80. The van der Waals surface area contributed by atoms with E-state index in [2.05, 4.69) is 40.0 Å². The van der Waals surface area contributed by atoms with E-state index in [0.717, 1.165) is 35.8 Å². The van der Waals surface area contributed by atoms with Crippen LogP contribution in [0, 0.1) is 0 Å². The minimum atomic E-state index is 0.482. The van der Waals surface area contributed by atoms with Gasteiger partial charge in [0.1, 0.15) is 19.0 Å². The van der Waals surface area contributed by atoms with Crippen molar-refractivity contribution in [2.45, 2.75) is 32.5 Å².